The molecule has 1 saturated carbocycles. The summed E-state index contributed by atoms with van der Waals surface area (Å²) in [6.45, 7) is 5.60. The lowest BCUT2D eigenvalue weighted by atomic mass is 9.83. The Kier molecular flexibility index (Phi) is 11.3. The number of carbonyl (C=O) groups excluding carboxylic acids is 4. The molecule has 5 heterocycles. The van der Waals surface area contributed by atoms with Crippen molar-refractivity contribution in [2.75, 3.05) is 34.0 Å². The van der Waals surface area contributed by atoms with Crippen LogP contribution in [0.15, 0.2) is 48.8 Å². The van der Waals surface area contributed by atoms with Gasteiger partial charge in [0.05, 0.1) is 50.1 Å². The maximum Gasteiger partial charge on any atom is 0.407 e. The van der Waals surface area contributed by atoms with Gasteiger partial charge in [-0.25, -0.2) is 19.6 Å². The molecule has 6 unspecified atom stereocenters. The molecule has 3 saturated heterocycles. The van der Waals surface area contributed by atoms with Crippen LogP contribution in [-0.4, -0.2) is 106 Å². The number of fused-ring (bicyclic) bond motifs is 5. The number of aromatic nitrogens is 4. The number of likely N-dealkylation sites (tertiary alicyclic amines) is 2. The SMILES string of the molecule is COC(=O)NC(C(=O)N1C2CCC(C2)C1c1ncc(-c2ccc3c(c2)CCc2cc(-c4cnc(C5CCCN5C(=O)C(NC(=O)OC)C5CCOCC5)[nH]4)ccc2-3)[nH]1)C(C)C. The third-order valence-electron chi connectivity index (χ3n) is 13.8. The fourth-order valence-electron chi connectivity index (χ4n) is 10.6. The van der Waals surface area contributed by atoms with Crippen LogP contribution in [0.2, 0.25) is 0 Å². The zero-order valence-electron chi connectivity index (χ0n) is 35.4. The van der Waals surface area contributed by atoms with Crippen LogP contribution >= 0.6 is 0 Å². The Labute approximate surface area is 355 Å². The third kappa shape index (κ3) is 7.77. The minimum atomic E-state index is -0.681. The molecule has 2 aromatic carbocycles. The summed E-state index contributed by atoms with van der Waals surface area (Å²) < 4.78 is 15.3. The van der Waals surface area contributed by atoms with Gasteiger partial charge in [-0.2, -0.15) is 0 Å². The van der Waals surface area contributed by atoms with E-state index < -0.39 is 24.3 Å². The molecule has 3 aliphatic heterocycles. The molecule has 4 N–H and O–H groups in total. The van der Waals surface area contributed by atoms with Gasteiger partial charge >= 0.3 is 12.2 Å². The van der Waals surface area contributed by atoms with Crippen molar-refractivity contribution in [3.05, 3.63) is 71.6 Å². The molecular formula is C46H56N8O7. The second kappa shape index (κ2) is 17.0. The van der Waals surface area contributed by atoms with E-state index >= 15 is 0 Å². The van der Waals surface area contributed by atoms with Crippen LogP contribution in [0.5, 0.6) is 0 Å². The molecular weight excluding hydrogens is 777 g/mol. The normalized spacial score (nSPS) is 23.0. The van der Waals surface area contributed by atoms with E-state index in [0.29, 0.717) is 38.5 Å². The number of hydrogen-bond acceptors (Lipinski definition) is 9. The number of ether oxygens (including phenoxy) is 3. The highest BCUT2D eigenvalue weighted by atomic mass is 16.5. The van der Waals surface area contributed by atoms with E-state index in [2.05, 4.69) is 57.0 Å². The molecule has 61 heavy (non-hydrogen) atoms. The number of piperidine rings is 1. The number of methoxy groups -OCH3 is 2. The smallest absolute Gasteiger partial charge is 0.407 e. The first-order valence-corrected chi connectivity index (χ1v) is 21.9. The summed E-state index contributed by atoms with van der Waals surface area (Å²) in [5.74, 6) is 1.54. The maximum atomic E-state index is 14.0. The lowest BCUT2D eigenvalue weighted by molar-refractivity contribution is -0.139. The van der Waals surface area contributed by atoms with Gasteiger partial charge < -0.3 is 44.6 Å². The quantitative estimate of drug-likeness (QED) is 0.139. The fourth-order valence-corrected chi connectivity index (χ4v) is 10.6. The van der Waals surface area contributed by atoms with Crippen molar-refractivity contribution in [3.63, 3.8) is 0 Å². The summed E-state index contributed by atoms with van der Waals surface area (Å²) in [6, 6.07) is 11.5. The van der Waals surface area contributed by atoms with E-state index in [1.165, 1.54) is 36.5 Å². The van der Waals surface area contributed by atoms with Crippen LogP contribution in [0.3, 0.4) is 0 Å². The predicted octanol–water partition coefficient (Wildman–Crippen LogP) is 6.48. The van der Waals surface area contributed by atoms with Gasteiger partial charge in [0.25, 0.3) is 0 Å². The van der Waals surface area contributed by atoms with Gasteiger partial charge in [-0.15, -0.1) is 0 Å². The Hall–Kier alpha value is -5.70. The van der Waals surface area contributed by atoms with Crippen LogP contribution in [0.1, 0.15) is 93.7 Å². The van der Waals surface area contributed by atoms with E-state index in [1.807, 2.05) is 36.0 Å². The van der Waals surface area contributed by atoms with Gasteiger partial charge in [-0.3, -0.25) is 9.59 Å². The highest BCUT2D eigenvalue weighted by molar-refractivity contribution is 5.88. The molecule has 0 radical (unpaired) electrons. The van der Waals surface area contributed by atoms with Gasteiger partial charge in [0, 0.05) is 25.8 Å². The number of aromatic amines is 2. The summed E-state index contributed by atoms with van der Waals surface area (Å²) in [7, 11) is 2.63. The van der Waals surface area contributed by atoms with Crippen molar-refractivity contribution in [2.24, 2.45) is 17.8 Å². The number of carbonyl (C=O) groups is 4. The Morgan fingerprint density at radius 2 is 1.41 bits per heavy atom. The number of aryl methyl sites for hydroxylation is 2. The van der Waals surface area contributed by atoms with Gasteiger partial charge in [-0.05, 0) is 121 Å². The second-order valence-electron chi connectivity index (χ2n) is 17.6. The highest BCUT2D eigenvalue weighted by Crippen LogP contribution is 2.50. The van der Waals surface area contributed by atoms with Crippen LogP contribution in [0.25, 0.3) is 33.6 Å². The number of alkyl carbamates (subject to hydrolysis) is 2. The molecule has 4 fully saturated rings. The zero-order valence-corrected chi connectivity index (χ0v) is 35.4. The maximum absolute atomic E-state index is 14.0. The molecule has 5 aliphatic rings. The third-order valence-corrected chi connectivity index (χ3v) is 13.8. The summed E-state index contributed by atoms with van der Waals surface area (Å²) >= 11 is 0. The lowest BCUT2D eigenvalue weighted by Gasteiger charge is -2.37. The number of nitrogens with one attached hydrogen (secondary N) is 4. The first-order chi connectivity index (χ1) is 29.6. The summed E-state index contributed by atoms with van der Waals surface area (Å²) in [5.41, 5.74) is 8.87. The van der Waals surface area contributed by atoms with Crippen molar-refractivity contribution in [2.45, 2.75) is 102 Å². The number of hydrogen-bond donors (Lipinski definition) is 4. The number of H-pyrrole nitrogens is 2. The molecule has 6 atom stereocenters. The molecule has 15 heteroatoms. The number of rotatable bonds is 10. The van der Waals surface area contributed by atoms with Gasteiger partial charge in [0.2, 0.25) is 11.8 Å². The predicted molar refractivity (Wildman–Crippen MR) is 226 cm³/mol. The van der Waals surface area contributed by atoms with Crippen molar-refractivity contribution in [1.82, 2.24) is 40.4 Å². The molecule has 0 spiro atoms. The zero-order chi connectivity index (χ0) is 42.4. The summed E-state index contributed by atoms with van der Waals surface area (Å²) in [5, 5.41) is 5.60. The fraction of sp³-hybridized carbons (Fsp3) is 0.522. The van der Waals surface area contributed by atoms with E-state index in [-0.39, 0.29) is 41.8 Å². The molecule has 2 aliphatic carbocycles. The molecule has 15 nitrogen and oxygen atoms in total. The van der Waals surface area contributed by atoms with Crippen LogP contribution < -0.4 is 10.6 Å². The minimum Gasteiger partial charge on any atom is -0.453 e. The number of benzene rings is 2. The van der Waals surface area contributed by atoms with Gasteiger partial charge in [-0.1, -0.05) is 38.1 Å². The number of imidazole rings is 2. The molecule has 2 bridgehead atoms. The van der Waals surface area contributed by atoms with Crippen molar-refractivity contribution in [3.8, 4) is 33.6 Å². The Morgan fingerprint density at radius 1 is 0.787 bits per heavy atom. The number of nitrogens with zero attached hydrogens (tertiary/aromatic N) is 4. The van der Waals surface area contributed by atoms with Gasteiger partial charge in [0.15, 0.2) is 0 Å². The van der Waals surface area contributed by atoms with Crippen molar-refractivity contribution < 1.29 is 33.4 Å². The Morgan fingerprint density at radius 3 is 2.05 bits per heavy atom. The molecule has 4 amide bonds. The summed E-state index contributed by atoms with van der Waals surface area (Å²) in [4.78, 5) is 73.2. The largest absolute Gasteiger partial charge is 0.453 e. The van der Waals surface area contributed by atoms with Crippen LogP contribution in [0.4, 0.5) is 9.59 Å². The molecule has 4 aromatic rings. The molecule has 9 rings (SSSR count). The summed E-state index contributed by atoms with van der Waals surface area (Å²) in [6.07, 6.45) is 10.3. The van der Waals surface area contributed by atoms with Crippen LogP contribution in [0, 0.1) is 17.8 Å². The standard InChI is InChI=1S/C46H56N8O7/c1-25(2)38(51-45(57)59-3)44(56)54-32-12-9-31(22-32)40(54)42-48-24-36(50-42)30-11-14-34-28(21-30)8-7-27-20-29(10-13-33(27)34)35-23-47-41(49-35)37-6-5-17-53(37)43(55)39(52-46(58)60-4)26-15-18-61-19-16-26/h10-11,13-14,20-21,23-26,31-32,37-40H,5-9,12,15-19,22H2,1-4H3,(H,47,49)(H,48,50)(H,51,57)(H,52,58). The van der Waals surface area contributed by atoms with E-state index in [1.54, 1.807) is 0 Å². The Balaban J connectivity index is 0.904. The van der Waals surface area contributed by atoms with E-state index in [9.17, 15) is 19.2 Å². The van der Waals surface area contributed by atoms with Gasteiger partial charge in [0.1, 0.15) is 23.7 Å². The number of amides is 4. The lowest BCUT2D eigenvalue weighted by Crippen LogP contribution is -2.54. The monoisotopic (exact) mass is 832 g/mol. The second-order valence-corrected chi connectivity index (χ2v) is 17.6. The van der Waals surface area contributed by atoms with E-state index in [4.69, 9.17) is 24.2 Å². The molecule has 2 aromatic heterocycles. The average Bonchev–Trinajstić information content (AvgIpc) is 4.15. The van der Waals surface area contributed by atoms with Crippen molar-refractivity contribution >= 4 is 24.0 Å². The Bertz CT molecular complexity index is 2300. The highest BCUT2D eigenvalue weighted by Gasteiger charge is 2.51. The topological polar surface area (TPSA) is 184 Å². The van der Waals surface area contributed by atoms with E-state index in [0.717, 1.165) is 79.1 Å². The minimum absolute atomic E-state index is 0.0242. The van der Waals surface area contributed by atoms with Crippen LogP contribution in [-0.2, 0) is 36.6 Å². The first-order valence-electron chi connectivity index (χ1n) is 21.9. The average molecular weight is 833 g/mol. The first kappa shape index (κ1) is 40.7. The molecule has 322 valence electrons. The van der Waals surface area contributed by atoms with Crippen molar-refractivity contribution in [1.29, 1.82) is 0 Å².